The summed E-state index contributed by atoms with van der Waals surface area (Å²) < 4.78 is 0. The van der Waals surface area contributed by atoms with Crippen molar-refractivity contribution in [2.24, 2.45) is 0 Å². The van der Waals surface area contributed by atoms with Crippen molar-refractivity contribution >= 4 is 35.6 Å². The van der Waals surface area contributed by atoms with Crippen LogP contribution in [0.15, 0.2) is 17.5 Å². The summed E-state index contributed by atoms with van der Waals surface area (Å²) in [6, 6.07) is 3.93. The predicted molar refractivity (Wildman–Crippen MR) is 87.2 cm³/mol. The summed E-state index contributed by atoms with van der Waals surface area (Å²) in [5.41, 5.74) is 0. The molecule has 1 aromatic rings. The van der Waals surface area contributed by atoms with Crippen molar-refractivity contribution in [3.63, 3.8) is 0 Å². The van der Waals surface area contributed by atoms with Gasteiger partial charge in [0.25, 0.3) is 5.91 Å². The van der Waals surface area contributed by atoms with E-state index in [1.165, 1.54) is 11.3 Å². The minimum Gasteiger partial charge on any atom is -0.351 e. The molecular weight excluding hydrogens is 310 g/mol. The molecule has 1 saturated heterocycles. The minimum absolute atomic E-state index is 0. The Bertz CT molecular complexity index is 453. The number of carbonyl (C=O) groups excluding carboxylic acids is 2. The van der Waals surface area contributed by atoms with E-state index < -0.39 is 0 Å². The Morgan fingerprint density at radius 2 is 2.29 bits per heavy atom. The number of nitrogens with zero attached hydrogens (tertiary/aromatic N) is 1. The van der Waals surface area contributed by atoms with Crippen LogP contribution in [0.25, 0.3) is 0 Å². The summed E-state index contributed by atoms with van der Waals surface area (Å²) in [7, 11) is 1.90. The molecule has 1 aromatic heterocycles. The van der Waals surface area contributed by atoms with E-state index in [-0.39, 0.29) is 24.2 Å². The fourth-order valence-electron chi connectivity index (χ4n) is 2.53. The zero-order valence-electron chi connectivity index (χ0n) is 12.1. The second-order valence-electron chi connectivity index (χ2n) is 4.92. The maximum absolute atomic E-state index is 12.1. The monoisotopic (exact) mass is 331 g/mol. The van der Waals surface area contributed by atoms with E-state index in [1.807, 2.05) is 23.4 Å². The standard InChI is InChI=1S/C14H21N3O2S.ClH/c1-15-10-11-4-2-8-17(11)13(18)6-7-16-14(19)12-5-3-9-20-12;/h3,5,9,11,15H,2,4,6-8,10H2,1H3,(H,16,19);1H. The van der Waals surface area contributed by atoms with E-state index in [0.29, 0.717) is 23.9 Å². The van der Waals surface area contributed by atoms with Gasteiger partial charge in [-0.25, -0.2) is 0 Å². The van der Waals surface area contributed by atoms with Gasteiger partial charge in [0.05, 0.1) is 4.88 Å². The van der Waals surface area contributed by atoms with Gasteiger partial charge in [0, 0.05) is 32.1 Å². The molecule has 2 N–H and O–H groups in total. The van der Waals surface area contributed by atoms with Crippen molar-refractivity contribution in [1.82, 2.24) is 15.5 Å². The molecule has 2 heterocycles. The summed E-state index contributed by atoms with van der Waals surface area (Å²) in [5, 5.41) is 7.79. The molecule has 0 saturated carbocycles. The Morgan fingerprint density at radius 1 is 1.48 bits per heavy atom. The number of likely N-dealkylation sites (tertiary alicyclic amines) is 1. The molecule has 1 fully saturated rings. The third-order valence-corrected chi connectivity index (χ3v) is 4.38. The van der Waals surface area contributed by atoms with E-state index in [9.17, 15) is 9.59 Å². The topological polar surface area (TPSA) is 61.4 Å². The van der Waals surface area contributed by atoms with E-state index in [2.05, 4.69) is 10.6 Å². The maximum Gasteiger partial charge on any atom is 0.261 e. The Morgan fingerprint density at radius 3 is 2.95 bits per heavy atom. The second kappa shape index (κ2) is 9.02. The maximum atomic E-state index is 12.1. The van der Waals surface area contributed by atoms with Gasteiger partial charge in [0.1, 0.15) is 0 Å². The summed E-state index contributed by atoms with van der Waals surface area (Å²) in [6.45, 7) is 2.08. The molecule has 0 bridgehead atoms. The first-order valence-electron chi connectivity index (χ1n) is 6.98. The first-order chi connectivity index (χ1) is 9.72. The molecule has 21 heavy (non-hydrogen) atoms. The van der Waals surface area contributed by atoms with Gasteiger partial charge < -0.3 is 15.5 Å². The van der Waals surface area contributed by atoms with E-state index in [1.54, 1.807) is 6.07 Å². The lowest BCUT2D eigenvalue weighted by atomic mass is 10.2. The van der Waals surface area contributed by atoms with Gasteiger partial charge in [0.2, 0.25) is 5.91 Å². The molecule has 0 radical (unpaired) electrons. The molecule has 0 spiro atoms. The highest BCUT2D eigenvalue weighted by molar-refractivity contribution is 7.12. The van der Waals surface area contributed by atoms with Crippen molar-refractivity contribution in [3.8, 4) is 0 Å². The highest BCUT2D eigenvalue weighted by atomic mass is 35.5. The molecule has 2 amide bonds. The number of halogens is 1. The minimum atomic E-state index is -0.0963. The van der Waals surface area contributed by atoms with Gasteiger partial charge in [-0.2, -0.15) is 0 Å². The lowest BCUT2D eigenvalue weighted by molar-refractivity contribution is -0.131. The van der Waals surface area contributed by atoms with Crippen molar-refractivity contribution in [2.45, 2.75) is 25.3 Å². The summed E-state index contributed by atoms with van der Waals surface area (Å²) in [4.78, 5) is 26.5. The van der Waals surface area contributed by atoms with Crippen LogP contribution in [-0.4, -0.2) is 49.4 Å². The third-order valence-electron chi connectivity index (χ3n) is 3.51. The molecule has 0 aliphatic carbocycles. The van der Waals surface area contributed by atoms with Crippen LogP contribution in [0, 0.1) is 0 Å². The number of rotatable bonds is 6. The van der Waals surface area contributed by atoms with Crippen LogP contribution in [0.1, 0.15) is 28.9 Å². The third kappa shape index (κ3) is 4.98. The van der Waals surface area contributed by atoms with E-state index >= 15 is 0 Å². The average Bonchev–Trinajstić information content (AvgIpc) is 3.10. The second-order valence-corrected chi connectivity index (χ2v) is 5.87. The van der Waals surface area contributed by atoms with Crippen LogP contribution < -0.4 is 10.6 Å². The van der Waals surface area contributed by atoms with Gasteiger partial charge in [-0.05, 0) is 31.3 Å². The smallest absolute Gasteiger partial charge is 0.261 e. The van der Waals surface area contributed by atoms with Crippen molar-refractivity contribution < 1.29 is 9.59 Å². The summed E-state index contributed by atoms with van der Waals surface area (Å²) >= 11 is 1.41. The van der Waals surface area contributed by atoms with Crippen LogP contribution in [-0.2, 0) is 4.79 Å². The molecule has 1 unspecified atom stereocenters. The molecule has 1 atom stereocenters. The van der Waals surface area contributed by atoms with Gasteiger partial charge in [-0.3, -0.25) is 9.59 Å². The van der Waals surface area contributed by atoms with Gasteiger partial charge in [-0.1, -0.05) is 6.07 Å². The Labute approximate surface area is 135 Å². The molecule has 118 valence electrons. The van der Waals surface area contributed by atoms with Gasteiger partial charge in [0.15, 0.2) is 0 Å². The van der Waals surface area contributed by atoms with Gasteiger partial charge >= 0.3 is 0 Å². The molecule has 7 heteroatoms. The summed E-state index contributed by atoms with van der Waals surface area (Å²) in [5.74, 6) is 0.0372. The number of hydrogen-bond acceptors (Lipinski definition) is 4. The van der Waals surface area contributed by atoms with Crippen LogP contribution in [0.2, 0.25) is 0 Å². The van der Waals surface area contributed by atoms with Crippen molar-refractivity contribution in [2.75, 3.05) is 26.7 Å². The highest BCUT2D eigenvalue weighted by Gasteiger charge is 2.27. The lowest BCUT2D eigenvalue weighted by Crippen LogP contribution is -2.42. The van der Waals surface area contributed by atoms with Gasteiger partial charge in [-0.15, -0.1) is 23.7 Å². The number of hydrogen-bond donors (Lipinski definition) is 2. The fraction of sp³-hybridized carbons (Fsp3) is 0.571. The Hall–Kier alpha value is -1.11. The summed E-state index contributed by atoms with van der Waals surface area (Å²) in [6.07, 6.45) is 2.51. The largest absolute Gasteiger partial charge is 0.351 e. The molecule has 1 aliphatic heterocycles. The zero-order chi connectivity index (χ0) is 14.4. The molecular formula is C14H22ClN3O2S. The highest BCUT2D eigenvalue weighted by Crippen LogP contribution is 2.17. The number of carbonyl (C=O) groups is 2. The number of thiophene rings is 1. The number of likely N-dealkylation sites (N-methyl/N-ethyl adjacent to an activating group) is 1. The van der Waals surface area contributed by atoms with Crippen LogP contribution in [0.3, 0.4) is 0 Å². The predicted octanol–water partition coefficient (Wildman–Crippen LogP) is 1.50. The van der Waals surface area contributed by atoms with Crippen LogP contribution >= 0.6 is 23.7 Å². The van der Waals surface area contributed by atoms with E-state index in [0.717, 1.165) is 25.9 Å². The van der Waals surface area contributed by atoms with E-state index in [4.69, 9.17) is 0 Å². The van der Waals surface area contributed by atoms with Crippen molar-refractivity contribution in [1.29, 1.82) is 0 Å². The fourth-order valence-corrected chi connectivity index (χ4v) is 3.17. The number of amides is 2. The number of nitrogens with one attached hydrogen (secondary N) is 2. The normalized spacial score (nSPS) is 17.4. The average molecular weight is 332 g/mol. The molecule has 5 nitrogen and oxygen atoms in total. The first kappa shape index (κ1) is 17.9. The lowest BCUT2D eigenvalue weighted by Gasteiger charge is -2.24. The Balaban J connectivity index is 0.00000220. The van der Waals surface area contributed by atoms with Crippen LogP contribution in [0.4, 0.5) is 0 Å². The molecule has 1 aliphatic rings. The Kier molecular flexibility index (Phi) is 7.71. The van der Waals surface area contributed by atoms with Crippen LogP contribution in [0.5, 0.6) is 0 Å². The molecule has 0 aromatic carbocycles. The first-order valence-corrected chi connectivity index (χ1v) is 7.86. The van der Waals surface area contributed by atoms with Crippen molar-refractivity contribution in [3.05, 3.63) is 22.4 Å². The quantitative estimate of drug-likeness (QED) is 0.830. The zero-order valence-corrected chi connectivity index (χ0v) is 13.8. The SMILES string of the molecule is CNCC1CCCN1C(=O)CCNC(=O)c1cccs1.Cl. The molecule has 2 rings (SSSR count).